The van der Waals surface area contributed by atoms with Crippen LogP contribution in [0, 0.1) is 5.92 Å². The van der Waals surface area contributed by atoms with Crippen LogP contribution < -0.4 is 20.1 Å². The minimum Gasteiger partial charge on any atom is -0.486 e. The van der Waals surface area contributed by atoms with E-state index in [2.05, 4.69) is 15.6 Å². The number of nitrogens with zero attached hydrogens (tertiary/aromatic N) is 1. The highest BCUT2D eigenvalue weighted by Crippen LogP contribution is 2.34. The third-order valence-corrected chi connectivity index (χ3v) is 4.51. The summed E-state index contributed by atoms with van der Waals surface area (Å²) in [5.74, 6) is 0.743. The molecule has 0 bridgehead atoms. The number of aromatic nitrogens is 1. The molecule has 1 atom stereocenters. The minimum atomic E-state index is -0.460. The summed E-state index contributed by atoms with van der Waals surface area (Å²) in [6, 6.07) is 8.43. The zero-order valence-corrected chi connectivity index (χ0v) is 16.5. The summed E-state index contributed by atoms with van der Waals surface area (Å²) in [7, 11) is 0. The van der Waals surface area contributed by atoms with Gasteiger partial charge in [-0.05, 0) is 35.7 Å². The van der Waals surface area contributed by atoms with Gasteiger partial charge in [-0.15, -0.1) is 0 Å². The lowest BCUT2D eigenvalue weighted by Crippen LogP contribution is -2.40. The fourth-order valence-electron chi connectivity index (χ4n) is 2.89. The summed E-state index contributed by atoms with van der Waals surface area (Å²) in [5.41, 5.74) is 1.07. The Morgan fingerprint density at radius 3 is 2.61 bits per heavy atom. The molecule has 0 unspecified atom stereocenters. The van der Waals surface area contributed by atoms with Gasteiger partial charge < -0.3 is 20.1 Å². The van der Waals surface area contributed by atoms with Crippen LogP contribution in [0.15, 0.2) is 36.5 Å². The van der Waals surface area contributed by atoms with Crippen molar-refractivity contribution in [3.05, 3.63) is 52.8 Å². The summed E-state index contributed by atoms with van der Waals surface area (Å²) in [4.78, 5) is 28.4. The predicted octanol–water partition coefficient (Wildman–Crippen LogP) is 2.75. The standard InChI is InChI=1S/C20H22ClN3O4/c1-12(2)19(13-3-4-16-17(9-13)28-8-7-27-16)24-18(25)11-23-20(26)15-10-14(21)5-6-22-15/h3-6,9-10,12,19H,7-8,11H2,1-2H3,(H,23,26)(H,24,25)/t19-/m1/s1. The summed E-state index contributed by atoms with van der Waals surface area (Å²) in [5, 5.41) is 5.92. The fourth-order valence-corrected chi connectivity index (χ4v) is 3.05. The Morgan fingerprint density at radius 1 is 1.14 bits per heavy atom. The molecule has 0 aliphatic carbocycles. The Hall–Kier alpha value is -2.80. The van der Waals surface area contributed by atoms with Crippen molar-refractivity contribution in [2.24, 2.45) is 5.92 Å². The first kappa shape index (κ1) is 19.9. The molecule has 0 saturated heterocycles. The Kier molecular flexibility index (Phi) is 6.36. The van der Waals surface area contributed by atoms with Gasteiger partial charge in [-0.2, -0.15) is 0 Å². The molecule has 148 valence electrons. The first-order valence-electron chi connectivity index (χ1n) is 9.02. The van der Waals surface area contributed by atoms with E-state index in [1.165, 1.54) is 12.3 Å². The van der Waals surface area contributed by atoms with E-state index in [0.29, 0.717) is 29.7 Å². The number of nitrogens with one attached hydrogen (secondary N) is 2. The molecule has 2 heterocycles. The first-order valence-corrected chi connectivity index (χ1v) is 9.40. The van der Waals surface area contributed by atoms with Crippen LogP contribution in [0.1, 0.15) is 35.9 Å². The number of carbonyl (C=O) groups excluding carboxylic acids is 2. The smallest absolute Gasteiger partial charge is 0.270 e. The summed E-state index contributed by atoms with van der Waals surface area (Å²) in [6.45, 7) is 4.88. The minimum absolute atomic E-state index is 0.136. The quantitative estimate of drug-likeness (QED) is 0.774. The maximum Gasteiger partial charge on any atom is 0.270 e. The van der Waals surface area contributed by atoms with E-state index < -0.39 is 5.91 Å². The normalized spacial score (nSPS) is 13.7. The number of fused-ring (bicyclic) bond motifs is 1. The molecule has 0 radical (unpaired) electrons. The van der Waals surface area contributed by atoms with Crippen molar-refractivity contribution in [3.8, 4) is 11.5 Å². The molecule has 1 aromatic heterocycles. The van der Waals surface area contributed by atoms with Crippen LogP contribution in [0.4, 0.5) is 0 Å². The molecule has 0 saturated carbocycles. The number of hydrogen-bond donors (Lipinski definition) is 2. The van der Waals surface area contributed by atoms with Crippen molar-refractivity contribution in [2.45, 2.75) is 19.9 Å². The molecule has 28 heavy (non-hydrogen) atoms. The second-order valence-corrected chi connectivity index (χ2v) is 7.17. The predicted molar refractivity (Wildman–Crippen MR) is 105 cm³/mol. The highest BCUT2D eigenvalue weighted by atomic mass is 35.5. The van der Waals surface area contributed by atoms with Crippen molar-refractivity contribution in [3.63, 3.8) is 0 Å². The number of benzene rings is 1. The van der Waals surface area contributed by atoms with Crippen LogP contribution in [0.25, 0.3) is 0 Å². The third kappa shape index (κ3) is 4.92. The van der Waals surface area contributed by atoms with Crippen molar-refractivity contribution in [1.29, 1.82) is 0 Å². The van der Waals surface area contributed by atoms with Gasteiger partial charge in [-0.3, -0.25) is 14.6 Å². The van der Waals surface area contributed by atoms with Gasteiger partial charge in [0.15, 0.2) is 11.5 Å². The molecule has 0 spiro atoms. The van der Waals surface area contributed by atoms with Crippen molar-refractivity contribution in [2.75, 3.05) is 19.8 Å². The summed E-state index contributed by atoms with van der Waals surface area (Å²) < 4.78 is 11.2. The summed E-state index contributed by atoms with van der Waals surface area (Å²) in [6.07, 6.45) is 1.44. The van der Waals surface area contributed by atoms with Crippen LogP contribution in [-0.4, -0.2) is 36.6 Å². The van der Waals surface area contributed by atoms with Gasteiger partial charge in [0.25, 0.3) is 5.91 Å². The number of hydrogen-bond acceptors (Lipinski definition) is 5. The van der Waals surface area contributed by atoms with Gasteiger partial charge in [-0.1, -0.05) is 31.5 Å². The fraction of sp³-hybridized carbons (Fsp3) is 0.350. The van der Waals surface area contributed by atoms with E-state index in [0.717, 1.165) is 5.56 Å². The molecule has 1 aliphatic heterocycles. The van der Waals surface area contributed by atoms with Gasteiger partial charge in [0.1, 0.15) is 18.9 Å². The second kappa shape index (κ2) is 8.93. The molecule has 2 aromatic rings. The van der Waals surface area contributed by atoms with E-state index >= 15 is 0 Å². The molecular formula is C20H22ClN3O4. The van der Waals surface area contributed by atoms with Crippen LogP contribution >= 0.6 is 11.6 Å². The average molecular weight is 404 g/mol. The van der Waals surface area contributed by atoms with Gasteiger partial charge in [0.2, 0.25) is 5.91 Å². The van der Waals surface area contributed by atoms with Crippen LogP contribution in [0.2, 0.25) is 5.02 Å². The number of amides is 2. The van der Waals surface area contributed by atoms with Gasteiger partial charge in [0.05, 0.1) is 12.6 Å². The molecule has 2 amide bonds. The third-order valence-electron chi connectivity index (χ3n) is 4.27. The highest BCUT2D eigenvalue weighted by Gasteiger charge is 2.22. The number of halogens is 1. The molecular weight excluding hydrogens is 382 g/mol. The number of rotatable bonds is 6. The number of pyridine rings is 1. The van der Waals surface area contributed by atoms with E-state index in [-0.39, 0.29) is 30.1 Å². The maximum absolute atomic E-state index is 12.4. The van der Waals surface area contributed by atoms with E-state index in [1.54, 1.807) is 6.07 Å². The number of carbonyl (C=O) groups is 2. The first-order chi connectivity index (χ1) is 13.4. The topological polar surface area (TPSA) is 89.6 Å². The van der Waals surface area contributed by atoms with E-state index in [1.807, 2.05) is 32.0 Å². The Bertz CT molecular complexity index is 872. The van der Waals surface area contributed by atoms with Gasteiger partial charge in [0, 0.05) is 11.2 Å². The van der Waals surface area contributed by atoms with Crippen molar-refractivity contribution < 1.29 is 19.1 Å². The zero-order chi connectivity index (χ0) is 20.1. The van der Waals surface area contributed by atoms with Crippen molar-refractivity contribution in [1.82, 2.24) is 15.6 Å². The maximum atomic E-state index is 12.4. The largest absolute Gasteiger partial charge is 0.486 e. The molecule has 1 aliphatic rings. The monoisotopic (exact) mass is 403 g/mol. The molecule has 1 aromatic carbocycles. The van der Waals surface area contributed by atoms with Crippen LogP contribution in [-0.2, 0) is 4.79 Å². The molecule has 0 fully saturated rings. The van der Waals surface area contributed by atoms with Crippen LogP contribution in [0.5, 0.6) is 11.5 Å². The zero-order valence-electron chi connectivity index (χ0n) is 15.7. The van der Waals surface area contributed by atoms with Crippen molar-refractivity contribution >= 4 is 23.4 Å². The van der Waals surface area contributed by atoms with Gasteiger partial charge >= 0.3 is 0 Å². The Labute approximate surface area is 168 Å². The average Bonchev–Trinajstić information content (AvgIpc) is 2.69. The molecule has 7 nitrogen and oxygen atoms in total. The lowest BCUT2D eigenvalue weighted by Gasteiger charge is -2.25. The molecule has 8 heteroatoms. The SMILES string of the molecule is CC(C)[C@@H](NC(=O)CNC(=O)c1cc(Cl)ccn1)c1ccc2c(c1)OCCO2. The highest BCUT2D eigenvalue weighted by molar-refractivity contribution is 6.30. The number of ether oxygens (including phenoxy) is 2. The van der Waals surface area contributed by atoms with E-state index in [4.69, 9.17) is 21.1 Å². The molecule has 3 rings (SSSR count). The second-order valence-electron chi connectivity index (χ2n) is 6.73. The van der Waals surface area contributed by atoms with Crippen LogP contribution in [0.3, 0.4) is 0 Å². The lowest BCUT2D eigenvalue weighted by molar-refractivity contribution is -0.121. The van der Waals surface area contributed by atoms with Gasteiger partial charge in [-0.25, -0.2) is 0 Å². The molecule has 2 N–H and O–H groups in total. The Balaban J connectivity index is 1.62. The van der Waals surface area contributed by atoms with E-state index in [9.17, 15) is 9.59 Å². The Morgan fingerprint density at radius 2 is 1.89 bits per heavy atom. The lowest BCUT2D eigenvalue weighted by atomic mass is 9.95. The summed E-state index contributed by atoms with van der Waals surface area (Å²) >= 11 is 5.86.